The van der Waals surface area contributed by atoms with E-state index in [9.17, 15) is 0 Å². The van der Waals surface area contributed by atoms with Crippen molar-refractivity contribution in [2.24, 2.45) is 0 Å². The Balaban J connectivity index is 0. The molecule has 0 aliphatic heterocycles. The Labute approximate surface area is 87.6 Å². The average molecular weight is 213 g/mol. The summed E-state index contributed by atoms with van der Waals surface area (Å²) in [6, 6.07) is 0. The molecule has 0 aromatic rings. The van der Waals surface area contributed by atoms with Crippen molar-refractivity contribution in [3.63, 3.8) is 0 Å². The first kappa shape index (κ1) is 15.1. The normalized spacial score (nSPS) is 10.5. The van der Waals surface area contributed by atoms with Gasteiger partial charge in [-0.1, -0.05) is 26.7 Å². The molecule has 0 amide bonds. The Morgan fingerprint density at radius 2 is 1.50 bits per heavy atom. The minimum atomic E-state index is 0.0139. The molecule has 0 bridgehead atoms. The molecule has 0 unspecified atom stereocenters. The summed E-state index contributed by atoms with van der Waals surface area (Å²) in [7, 11) is 0. The maximum Gasteiger partial charge on any atom is 0.0388 e. The molecule has 0 aromatic heterocycles. The highest BCUT2D eigenvalue weighted by Gasteiger charge is 2.06. The fraction of sp³-hybridized carbons (Fsp3) is 1.00. The molecule has 0 atom stereocenters. The van der Waals surface area contributed by atoms with Crippen LogP contribution in [-0.2, 0) is 0 Å². The van der Waals surface area contributed by atoms with Crippen LogP contribution in [-0.4, -0.2) is 10.8 Å². The van der Waals surface area contributed by atoms with Crippen LogP contribution in [0.5, 0.6) is 0 Å². The Bertz CT molecular complexity index is 70.4. The molecule has 0 saturated carbocycles. The zero-order valence-corrected chi connectivity index (χ0v) is 10.3. The molecular weight excluding hydrogens is 191 g/mol. The van der Waals surface area contributed by atoms with Crippen LogP contribution < -0.4 is 0 Å². The average Bonchev–Trinajstić information content (AvgIpc) is 2.01. The molecular formula is C10H22Cl2. The van der Waals surface area contributed by atoms with Crippen LogP contribution >= 0.6 is 23.2 Å². The second-order valence-electron chi connectivity index (χ2n) is 3.47. The van der Waals surface area contributed by atoms with Crippen LogP contribution in [0.2, 0.25) is 0 Å². The zero-order valence-electron chi connectivity index (χ0n) is 8.79. The summed E-state index contributed by atoms with van der Waals surface area (Å²) in [6.07, 6.45) is 4.77. The van der Waals surface area contributed by atoms with Crippen LogP contribution in [0, 0.1) is 0 Å². The SMILES string of the molecule is CCC(C)(C)Cl.CCCCCCl. The third-order valence-corrected chi connectivity index (χ3v) is 2.11. The summed E-state index contributed by atoms with van der Waals surface area (Å²) in [5.74, 6) is 0.827. The third-order valence-electron chi connectivity index (χ3n) is 1.58. The van der Waals surface area contributed by atoms with Crippen molar-refractivity contribution in [1.82, 2.24) is 0 Å². The van der Waals surface area contributed by atoms with E-state index in [1.807, 2.05) is 13.8 Å². The topological polar surface area (TPSA) is 0 Å². The van der Waals surface area contributed by atoms with E-state index in [1.165, 1.54) is 19.3 Å². The predicted octanol–water partition coefficient (Wildman–Crippen LogP) is 4.83. The molecule has 76 valence electrons. The second-order valence-corrected chi connectivity index (χ2v) is 4.87. The first-order chi connectivity index (χ1) is 5.47. The Kier molecular flexibility index (Phi) is 12.1. The first-order valence-corrected chi connectivity index (χ1v) is 5.64. The number of hydrogen-bond donors (Lipinski definition) is 0. The van der Waals surface area contributed by atoms with Gasteiger partial charge in [-0.25, -0.2) is 0 Å². The van der Waals surface area contributed by atoms with E-state index in [-0.39, 0.29) is 4.87 Å². The smallest absolute Gasteiger partial charge is 0.0388 e. The van der Waals surface area contributed by atoms with Crippen molar-refractivity contribution in [2.75, 3.05) is 5.88 Å². The molecule has 0 heterocycles. The van der Waals surface area contributed by atoms with Crippen LogP contribution in [0.25, 0.3) is 0 Å². The van der Waals surface area contributed by atoms with Gasteiger partial charge in [-0.2, -0.15) is 0 Å². The van der Waals surface area contributed by atoms with Gasteiger partial charge in [-0.05, 0) is 26.7 Å². The molecule has 0 spiro atoms. The fourth-order valence-corrected chi connectivity index (χ4v) is 0.533. The molecule has 0 saturated heterocycles. The quantitative estimate of drug-likeness (QED) is 0.463. The van der Waals surface area contributed by atoms with Gasteiger partial charge in [0, 0.05) is 10.8 Å². The maximum atomic E-state index is 5.72. The van der Waals surface area contributed by atoms with Gasteiger partial charge in [0.2, 0.25) is 0 Å². The fourth-order valence-electron chi connectivity index (χ4n) is 0.344. The van der Waals surface area contributed by atoms with Gasteiger partial charge in [0.25, 0.3) is 0 Å². The molecule has 0 fully saturated rings. The van der Waals surface area contributed by atoms with E-state index < -0.39 is 0 Å². The molecule has 0 N–H and O–H groups in total. The van der Waals surface area contributed by atoms with E-state index in [0.717, 1.165) is 12.3 Å². The van der Waals surface area contributed by atoms with Crippen LogP contribution in [0.3, 0.4) is 0 Å². The van der Waals surface area contributed by atoms with Gasteiger partial charge in [-0.15, -0.1) is 23.2 Å². The summed E-state index contributed by atoms with van der Waals surface area (Å²) in [5.41, 5.74) is 0. The maximum absolute atomic E-state index is 5.72. The third kappa shape index (κ3) is 22.4. The lowest BCUT2D eigenvalue weighted by Gasteiger charge is -2.09. The van der Waals surface area contributed by atoms with Crippen molar-refractivity contribution >= 4 is 23.2 Å². The van der Waals surface area contributed by atoms with Crippen molar-refractivity contribution in [1.29, 1.82) is 0 Å². The Morgan fingerprint density at radius 1 is 1.08 bits per heavy atom. The second kappa shape index (κ2) is 9.67. The number of hydrogen-bond acceptors (Lipinski definition) is 0. The first-order valence-electron chi connectivity index (χ1n) is 4.72. The Morgan fingerprint density at radius 3 is 1.58 bits per heavy atom. The molecule has 0 nitrogen and oxygen atoms in total. The standard InChI is InChI=1S/2C5H11Cl/c1-4-5(2,3)6;1-2-3-4-5-6/h4H2,1-3H3;2-5H2,1H3. The summed E-state index contributed by atoms with van der Waals surface area (Å²) >= 11 is 11.1. The van der Waals surface area contributed by atoms with E-state index in [4.69, 9.17) is 23.2 Å². The van der Waals surface area contributed by atoms with Gasteiger partial charge in [0.05, 0.1) is 0 Å². The highest BCUT2D eigenvalue weighted by Crippen LogP contribution is 2.15. The summed E-state index contributed by atoms with van der Waals surface area (Å²) in [4.78, 5) is 0.0139. The molecule has 2 heteroatoms. The summed E-state index contributed by atoms with van der Waals surface area (Å²) in [6.45, 7) is 8.27. The van der Waals surface area contributed by atoms with Gasteiger partial charge in [0.15, 0.2) is 0 Å². The number of halogens is 2. The molecule has 0 rings (SSSR count). The van der Waals surface area contributed by atoms with E-state index in [0.29, 0.717) is 0 Å². The highest BCUT2D eigenvalue weighted by atomic mass is 35.5. The van der Waals surface area contributed by atoms with Gasteiger partial charge >= 0.3 is 0 Å². The van der Waals surface area contributed by atoms with E-state index >= 15 is 0 Å². The Hall–Kier alpha value is 0.580. The lowest BCUT2D eigenvalue weighted by Crippen LogP contribution is -2.05. The summed E-state index contributed by atoms with van der Waals surface area (Å²) in [5, 5.41) is 0. The highest BCUT2D eigenvalue weighted by molar-refractivity contribution is 6.23. The molecule has 0 aliphatic rings. The van der Waals surface area contributed by atoms with Crippen molar-refractivity contribution in [3.05, 3.63) is 0 Å². The minimum absolute atomic E-state index is 0.0139. The minimum Gasteiger partial charge on any atom is -0.127 e. The number of rotatable bonds is 4. The molecule has 0 aromatic carbocycles. The van der Waals surface area contributed by atoms with Gasteiger partial charge in [-0.3, -0.25) is 0 Å². The van der Waals surface area contributed by atoms with Gasteiger partial charge < -0.3 is 0 Å². The summed E-state index contributed by atoms with van der Waals surface area (Å²) < 4.78 is 0. The van der Waals surface area contributed by atoms with Crippen LogP contribution in [0.1, 0.15) is 53.4 Å². The lowest BCUT2D eigenvalue weighted by molar-refractivity contribution is 0.671. The predicted molar refractivity (Wildman–Crippen MR) is 60.5 cm³/mol. The molecule has 12 heavy (non-hydrogen) atoms. The lowest BCUT2D eigenvalue weighted by atomic mass is 10.1. The molecule has 0 aliphatic carbocycles. The van der Waals surface area contributed by atoms with Crippen molar-refractivity contribution in [2.45, 2.75) is 58.3 Å². The number of alkyl halides is 2. The van der Waals surface area contributed by atoms with E-state index in [2.05, 4.69) is 13.8 Å². The van der Waals surface area contributed by atoms with Gasteiger partial charge in [0.1, 0.15) is 0 Å². The zero-order chi connectivity index (χ0) is 10.0. The van der Waals surface area contributed by atoms with Crippen LogP contribution in [0.4, 0.5) is 0 Å². The largest absolute Gasteiger partial charge is 0.127 e. The van der Waals surface area contributed by atoms with Crippen molar-refractivity contribution < 1.29 is 0 Å². The van der Waals surface area contributed by atoms with Crippen molar-refractivity contribution in [3.8, 4) is 0 Å². The van der Waals surface area contributed by atoms with Crippen LogP contribution in [0.15, 0.2) is 0 Å². The monoisotopic (exact) mass is 212 g/mol. The van der Waals surface area contributed by atoms with E-state index in [1.54, 1.807) is 0 Å². The number of unbranched alkanes of at least 4 members (excludes halogenated alkanes) is 2. The molecule has 0 radical (unpaired) electrons.